The van der Waals surface area contributed by atoms with Gasteiger partial charge in [0.1, 0.15) is 0 Å². The highest BCUT2D eigenvalue weighted by Crippen LogP contribution is 2.24. The summed E-state index contributed by atoms with van der Waals surface area (Å²) in [5.74, 6) is 0. The van der Waals surface area contributed by atoms with Crippen LogP contribution >= 0.6 is 11.3 Å². The zero-order valence-corrected chi connectivity index (χ0v) is 10.9. The van der Waals surface area contributed by atoms with Crippen LogP contribution in [-0.2, 0) is 0 Å². The Labute approximate surface area is 96.1 Å². The van der Waals surface area contributed by atoms with E-state index in [9.17, 15) is 0 Å². The monoisotopic (exact) mass is 227 g/mol. The molecule has 86 valence electrons. The van der Waals surface area contributed by atoms with Crippen LogP contribution in [0.5, 0.6) is 0 Å². The van der Waals surface area contributed by atoms with Crippen molar-refractivity contribution in [2.75, 3.05) is 18.4 Å². The number of hydrogen-bond donors (Lipinski definition) is 2. The highest BCUT2D eigenvalue weighted by molar-refractivity contribution is 7.15. The summed E-state index contributed by atoms with van der Waals surface area (Å²) in [6, 6.07) is 0. The summed E-state index contributed by atoms with van der Waals surface area (Å²) < 4.78 is 0. The smallest absolute Gasteiger partial charge is 0.183 e. The van der Waals surface area contributed by atoms with Crippen LogP contribution in [0.15, 0.2) is 0 Å². The van der Waals surface area contributed by atoms with Crippen molar-refractivity contribution in [3.8, 4) is 0 Å². The molecule has 1 rings (SSSR count). The Hall–Kier alpha value is -0.610. The van der Waals surface area contributed by atoms with E-state index in [1.807, 2.05) is 6.92 Å². The van der Waals surface area contributed by atoms with Gasteiger partial charge in [0.25, 0.3) is 0 Å². The molecule has 0 aliphatic rings. The fourth-order valence-electron chi connectivity index (χ4n) is 1.34. The molecule has 3 N–H and O–H groups in total. The molecule has 0 bridgehead atoms. The molecule has 3 nitrogen and oxygen atoms in total. The van der Waals surface area contributed by atoms with Crippen molar-refractivity contribution in [2.45, 2.75) is 34.1 Å². The second-order valence-corrected chi connectivity index (χ2v) is 5.92. The van der Waals surface area contributed by atoms with Crippen LogP contribution < -0.4 is 11.1 Å². The van der Waals surface area contributed by atoms with Crippen LogP contribution in [-0.4, -0.2) is 18.1 Å². The molecular weight excluding hydrogens is 206 g/mol. The molecule has 0 aromatic carbocycles. The Bertz CT molecular complexity index is 298. The van der Waals surface area contributed by atoms with E-state index in [0.717, 1.165) is 30.3 Å². The van der Waals surface area contributed by atoms with Crippen LogP contribution in [0.4, 0.5) is 5.13 Å². The maximum Gasteiger partial charge on any atom is 0.183 e. The van der Waals surface area contributed by atoms with E-state index >= 15 is 0 Å². The molecule has 1 aromatic heterocycles. The predicted molar refractivity (Wildman–Crippen MR) is 67.5 cm³/mol. The van der Waals surface area contributed by atoms with Crippen molar-refractivity contribution in [3.63, 3.8) is 0 Å². The van der Waals surface area contributed by atoms with E-state index in [-0.39, 0.29) is 5.41 Å². The van der Waals surface area contributed by atoms with Gasteiger partial charge in [-0.15, -0.1) is 11.3 Å². The van der Waals surface area contributed by atoms with Crippen LogP contribution in [0.25, 0.3) is 0 Å². The maximum atomic E-state index is 5.57. The van der Waals surface area contributed by atoms with Crippen LogP contribution in [0.3, 0.4) is 0 Å². The summed E-state index contributed by atoms with van der Waals surface area (Å²) in [5, 5.41) is 4.41. The van der Waals surface area contributed by atoms with Crippen molar-refractivity contribution in [1.29, 1.82) is 0 Å². The van der Waals surface area contributed by atoms with Crippen LogP contribution in [0.1, 0.15) is 30.8 Å². The molecule has 0 unspecified atom stereocenters. The number of hydrogen-bond acceptors (Lipinski definition) is 4. The average molecular weight is 227 g/mol. The normalized spacial score (nSPS) is 11.8. The molecule has 15 heavy (non-hydrogen) atoms. The first-order chi connectivity index (χ1) is 6.94. The number of nitrogens with zero attached hydrogens (tertiary/aromatic N) is 1. The average Bonchev–Trinajstić information content (AvgIpc) is 2.44. The van der Waals surface area contributed by atoms with E-state index < -0.39 is 0 Å². The van der Waals surface area contributed by atoms with Crippen molar-refractivity contribution >= 4 is 16.5 Å². The third kappa shape index (κ3) is 3.80. The lowest BCUT2D eigenvalue weighted by Gasteiger charge is -2.23. The first kappa shape index (κ1) is 12.5. The molecule has 0 saturated carbocycles. The van der Waals surface area contributed by atoms with Crippen LogP contribution in [0.2, 0.25) is 0 Å². The minimum absolute atomic E-state index is 0.238. The minimum Gasteiger partial charge on any atom is -0.361 e. The molecule has 1 heterocycles. The van der Waals surface area contributed by atoms with E-state index in [2.05, 4.69) is 31.1 Å². The highest BCUT2D eigenvalue weighted by Gasteiger charge is 2.17. The highest BCUT2D eigenvalue weighted by atomic mass is 32.1. The minimum atomic E-state index is 0.238. The molecule has 1 aromatic rings. The summed E-state index contributed by atoms with van der Waals surface area (Å²) >= 11 is 1.72. The summed E-state index contributed by atoms with van der Waals surface area (Å²) in [4.78, 5) is 5.74. The largest absolute Gasteiger partial charge is 0.361 e. The number of rotatable bonds is 5. The first-order valence-electron chi connectivity index (χ1n) is 5.32. The van der Waals surface area contributed by atoms with Crippen molar-refractivity contribution < 1.29 is 0 Å². The van der Waals surface area contributed by atoms with Gasteiger partial charge in [-0.3, -0.25) is 0 Å². The lowest BCUT2D eigenvalue weighted by atomic mass is 9.89. The van der Waals surface area contributed by atoms with Gasteiger partial charge in [-0.2, -0.15) is 0 Å². The fraction of sp³-hybridized carbons (Fsp3) is 0.727. The molecule has 0 atom stereocenters. The van der Waals surface area contributed by atoms with E-state index in [1.165, 1.54) is 4.88 Å². The predicted octanol–water partition coefficient (Wildman–Crippen LogP) is 2.55. The molecule has 0 aliphatic carbocycles. The van der Waals surface area contributed by atoms with Gasteiger partial charge < -0.3 is 11.1 Å². The van der Waals surface area contributed by atoms with Crippen molar-refractivity contribution in [1.82, 2.24) is 4.98 Å². The van der Waals surface area contributed by atoms with Gasteiger partial charge in [0.05, 0.1) is 5.69 Å². The number of anilines is 1. The lowest BCUT2D eigenvalue weighted by molar-refractivity contribution is 0.365. The topological polar surface area (TPSA) is 50.9 Å². The second kappa shape index (κ2) is 4.94. The van der Waals surface area contributed by atoms with Gasteiger partial charge in [-0.25, -0.2) is 4.98 Å². The maximum absolute atomic E-state index is 5.57. The van der Waals surface area contributed by atoms with E-state index in [4.69, 9.17) is 5.73 Å². The number of nitrogens with one attached hydrogen (secondary N) is 1. The van der Waals surface area contributed by atoms with E-state index in [1.54, 1.807) is 11.3 Å². The Kier molecular flexibility index (Phi) is 4.11. The molecular formula is C11H21N3S. The summed E-state index contributed by atoms with van der Waals surface area (Å²) in [6.45, 7) is 10.3. The molecule has 4 heteroatoms. The summed E-state index contributed by atoms with van der Waals surface area (Å²) in [5.41, 5.74) is 6.93. The fourth-order valence-corrected chi connectivity index (χ4v) is 2.15. The SMILES string of the molecule is Cc1nc(NCC(C)(C)CCN)sc1C. The Balaban J connectivity index is 2.49. The number of aromatic nitrogens is 1. The molecule has 0 fully saturated rings. The molecule has 0 saturated heterocycles. The van der Waals surface area contributed by atoms with Gasteiger partial charge in [0.15, 0.2) is 5.13 Å². The van der Waals surface area contributed by atoms with Crippen molar-refractivity contribution in [3.05, 3.63) is 10.6 Å². The number of nitrogens with two attached hydrogens (primary N) is 1. The van der Waals surface area contributed by atoms with Gasteiger partial charge in [-0.05, 0) is 32.2 Å². The first-order valence-corrected chi connectivity index (χ1v) is 6.14. The molecule has 0 spiro atoms. The molecule has 0 aliphatic heterocycles. The van der Waals surface area contributed by atoms with E-state index in [0.29, 0.717) is 0 Å². The van der Waals surface area contributed by atoms with Crippen LogP contribution in [0, 0.1) is 19.3 Å². The third-order valence-electron chi connectivity index (χ3n) is 2.57. The van der Waals surface area contributed by atoms with Gasteiger partial charge in [0, 0.05) is 11.4 Å². The lowest BCUT2D eigenvalue weighted by Crippen LogP contribution is -2.26. The third-order valence-corrected chi connectivity index (χ3v) is 3.60. The quantitative estimate of drug-likeness (QED) is 0.813. The zero-order chi connectivity index (χ0) is 11.5. The molecule has 0 amide bonds. The van der Waals surface area contributed by atoms with Gasteiger partial charge in [0.2, 0.25) is 0 Å². The Morgan fingerprint density at radius 1 is 1.40 bits per heavy atom. The van der Waals surface area contributed by atoms with Crippen molar-refractivity contribution in [2.24, 2.45) is 11.1 Å². The Morgan fingerprint density at radius 3 is 2.53 bits per heavy atom. The van der Waals surface area contributed by atoms with Gasteiger partial charge in [-0.1, -0.05) is 13.8 Å². The summed E-state index contributed by atoms with van der Waals surface area (Å²) in [7, 11) is 0. The summed E-state index contributed by atoms with van der Waals surface area (Å²) in [6.07, 6.45) is 1.03. The molecule has 0 radical (unpaired) electrons. The Morgan fingerprint density at radius 2 is 2.07 bits per heavy atom. The standard InChI is InChI=1S/C11H21N3S/c1-8-9(2)15-10(14-8)13-7-11(3,4)5-6-12/h5-7,12H2,1-4H3,(H,13,14). The number of thiazole rings is 1. The zero-order valence-electron chi connectivity index (χ0n) is 10.1. The van der Waals surface area contributed by atoms with Gasteiger partial charge >= 0.3 is 0 Å². The second-order valence-electron chi connectivity index (χ2n) is 4.72. The number of aryl methyl sites for hydroxylation is 2.